The molecule has 1 aliphatic rings. The molecule has 2 heterocycles. The summed E-state index contributed by atoms with van der Waals surface area (Å²) in [4.78, 5) is 2.53. The summed E-state index contributed by atoms with van der Waals surface area (Å²) in [6, 6.07) is 4.55. The molecule has 1 fully saturated rings. The molecule has 0 saturated carbocycles. The maximum absolute atomic E-state index is 6.36. The fourth-order valence-electron chi connectivity index (χ4n) is 3.26. The van der Waals surface area contributed by atoms with Crippen LogP contribution in [0.1, 0.15) is 57.1 Å². The number of nitrogens with zero attached hydrogens (tertiary/aromatic N) is 1. The Kier molecular flexibility index (Phi) is 5.06. The molecule has 0 aliphatic carbocycles. The third-order valence-electron chi connectivity index (χ3n) is 4.34. The second-order valence-electron chi connectivity index (χ2n) is 5.90. The van der Waals surface area contributed by atoms with E-state index in [2.05, 4.69) is 24.8 Å². The van der Waals surface area contributed by atoms with Crippen LogP contribution < -0.4 is 5.73 Å². The standard InChI is InChI=1S/C16H28N2O/c1-4-6-13-9-10-18(11-13)16(14(17)5-2)15-8-7-12(3)19-15/h7-8,13-14,16H,4-6,9-11,17H2,1-3H3. The van der Waals surface area contributed by atoms with Crippen molar-refractivity contribution >= 4 is 0 Å². The number of likely N-dealkylation sites (tertiary alicyclic amines) is 1. The normalized spacial score (nSPS) is 23.7. The number of aryl methyl sites for hydroxylation is 1. The molecule has 0 aromatic carbocycles. The molecule has 3 atom stereocenters. The van der Waals surface area contributed by atoms with Gasteiger partial charge in [-0.2, -0.15) is 0 Å². The van der Waals surface area contributed by atoms with Crippen LogP contribution in [0, 0.1) is 12.8 Å². The molecule has 2 N–H and O–H groups in total. The molecule has 1 aromatic heterocycles. The third kappa shape index (κ3) is 3.40. The summed E-state index contributed by atoms with van der Waals surface area (Å²) in [5.74, 6) is 2.87. The van der Waals surface area contributed by atoms with Crippen LogP contribution in [-0.2, 0) is 0 Å². The quantitative estimate of drug-likeness (QED) is 0.855. The van der Waals surface area contributed by atoms with Gasteiger partial charge in [0.25, 0.3) is 0 Å². The Bertz CT molecular complexity index is 388. The van der Waals surface area contributed by atoms with Gasteiger partial charge in [-0.25, -0.2) is 0 Å². The van der Waals surface area contributed by atoms with Gasteiger partial charge in [0.2, 0.25) is 0 Å². The molecule has 0 spiro atoms. The lowest BCUT2D eigenvalue weighted by Gasteiger charge is -2.30. The summed E-state index contributed by atoms with van der Waals surface area (Å²) in [5, 5.41) is 0. The first kappa shape index (κ1) is 14.6. The summed E-state index contributed by atoms with van der Waals surface area (Å²) in [7, 11) is 0. The van der Waals surface area contributed by atoms with E-state index < -0.39 is 0 Å². The Labute approximate surface area is 117 Å². The van der Waals surface area contributed by atoms with Crippen LogP contribution in [0.3, 0.4) is 0 Å². The smallest absolute Gasteiger partial charge is 0.122 e. The number of rotatable bonds is 6. The highest BCUT2D eigenvalue weighted by atomic mass is 16.3. The van der Waals surface area contributed by atoms with E-state index in [4.69, 9.17) is 10.2 Å². The van der Waals surface area contributed by atoms with E-state index in [-0.39, 0.29) is 12.1 Å². The van der Waals surface area contributed by atoms with Gasteiger partial charge in [-0.15, -0.1) is 0 Å². The zero-order valence-corrected chi connectivity index (χ0v) is 12.6. The van der Waals surface area contributed by atoms with Gasteiger partial charge in [-0.3, -0.25) is 4.90 Å². The predicted octanol–water partition coefficient (Wildman–Crippen LogP) is 3.49. The second kappa shape index (κ2) is 6.58. The fourth-order valence-corrected chi connectivity index (χ4v) is 3.26. The number of nitrogens with two attached hydrogens (primary N) is 1. The van der Waals surface area contributed by atoms with Crippen LogP contribution >= 0.6 is 0 Å². The van der Waals surface area contributed by atoms with Crippen LogP contribution in [0.25, 0.3) is 0 Å². The van der Waals surface area contributed by atoms with Crippen molar-refractivity contribution in [2.24, 2.45) is 11.7 Å². The highest BCUT2D eigenvalue weighted by molar-refractivity contribution is 5.12. The minimum Gasteiger partial charge on any atom is -0.465 e. The zero-order valence-electron chi connectivity index (χ0n) is 12.6. The lowest BCUT2D eigenvalue weighted by Crippen LogP contribution is -2.39. The molecule has 2 rings (SSSR count). The van der Waals surface area contributed by atoms with E-state index in [1.807, 2.05) is 13.0 Å². The molecule has 3 nitrogen and oxygen atoms in total. The highest BCUT2D eigenvalue weighted by Gasteiger charge is 2.33. The van der Waals surface area contributed by atoms with Crippen LogP contribution in [-0.4, -0.2) is 24.0 Å². The van der Waals surface area contributed by atoms with Gasteiger partial charge in [0.1, 0.15) is 11.5 Å². The second-order valence-corrected chi connectivity index (χ2v) is 5.90. The molecular weight excluding hydrogens is 236 g/mol. The summed E-state index contributed by atoms with van der Waals surface area (Å²) in [6.45, 7) is 8.76. The Morgan fingerprint density at radius 1 is 1.42 bits per heavy atom. The van der Waals surface area contributed by atoms with Gasteiger partial charge in [0.15, 0.2) is 0 Å². The zero-order chi connectivity index (χ0) is 13.8. The summed E-state index contributed by atoms with van der Waals surface area (Å²) in [6.07, 6.45) is 4.91. The molecule has 3 unspecified atom stereocenters. The van der Waals surface area contributed by atoms with E-state index in [0.29, 0.717) is 0 Å². The van der Waals surface area contributed by atoms with Crippen LogP contribution in [0.5, 0.6) is 0 Å². The lowest BCUT2D eigenvalue weighted by molar-refractivity contribution is 0.174. The van der Waals surface area contributed by atoms with Crippen molar-refractivity contribution in [3.05, 3.63) is 23.7 Å². The maximum atomic E-state index is 6.36. The Hall–Kier alpha value is -0.800. The molecule has 0 amide bonds. The molecule has 108 valence electrons. The van der Waals surface area contributed by atoms with Gasteiger partial charge in [-0.1, -0.05) is 20.3 Å². The SMILES string of the molecule is CCCC1CCN(C(c2ccc(C)o2)C(N)CC)C1. The molecular formula is C16H28N2O. The summed E-state index contributed by atoms with van der Waals surface area (Å²) in [5.41, 5.74) is 6.36. The average Bonchev–Trinajstić information content (AvgIpc) is 3.00. The van der Waals surface area contributed by atoms with Gasteiger partial charge < -0.3 is 10.2 Å². The first-order valence-electron chi connectivity index (χ1n) is 7.71. The Morgan fingerprint density at radius 2 is 2.21 bits per heavy atom. The van der Waals surface area contributed by atoms with Crippen molar-refractivity contribution in [1.82, 2.24) is 4.90 Å². The van der Waals surface area contributed by atoms with Gasteiger partial charge in [0.05, 0.1) is 6.04 Å². The Balaban J connectivity index is 2.11. The minimum atomic E-state index is 0.158. The molecule has 1 aromatic rings. The van der Waals surface area contributed by atoms with E-state index in [9.17, 15) is 0 Å². The topological polar surface area (TPSA) is 42.4 Å². The van der Waals surface area contributed by atoms with Crippen LogP contribution in [0.15, 0.2) is 16.5 Å². The monoisotopic (exact) mass is 264 g/mol. The van der Waals surface area contributed by atoms with Gasteiger partial charge in [-0.05, 0) is 50.8 Å². The van der Waals surface area contributed by atoms with E-state index >= 15 is 0 Å². The van der Waals surface area contributed by atoms with Crippen molar-refractivity contribution in [2.75, 3.05) is 13.1 Å². The molecule has 0 bridgehead atoms. The van der Waals surface area contributed by atoms with Crippen molar-refractivity contribution < 1.29 is 4.42 Å². The first-order valence-corrected chi connectivity index (χ1v) is 7.71. The number of hydrogen-bond acceptors (Lipinski definition) is 3. The summed E-state index contributed by atoms with van der Waals surface area (Å²) < 4.78 is 5.85. The first-order chi connectivity index (χ1) is 9.15. The molecule has 0 radical (unpaired) electrons. The molecule has 1 saturated heterocycles. The lowest BCUT2D eigenvalue weighted by atomic mass is 10.0. The largest absolute Gasteiger partial charge is 0.465 e. The fraction of sp³-hybridized carbons (Fsp3) is 0.750. The third-order valence-corrected chi connectivity index (χ3v) is 4.34. The van der Waals surface area contributed by atoms with E-state index in [1.54, 1.807) is 0 Å². The van der Waals surface area contributed by atoms with E-state index in [1.165, 1.54) is 25.8 Å². The van der Waals surface area contributed by atoms with Crippen LogP contribution in [0.2, 0.25) is 0 Å². The average molecular weight is 264 g/mol. The number of hydrogen-bond donors (Lipinski definition) is 1. The van der Waals surface area contributed by atoms with Crippen molar-refractivity contribution in [3.8, 4) is 0 Å². The van der Waals surface area contributed by atoms with Crippen molar-refractivity contribution in [3.63, 3.8) is 0 Å². The predicted molar refractivity (Wildman–Crippen MR) is 79.0 cm³/mol. The maximum Gasteiger partial charge on any atom is 0.122 e. The van der Waals surface area contributed by atoms with Crippen LogP contribution in [0.4, 0.5) is 0 Å². The van der Waals surface area contributed by atoms with Crippen molar-refractivity contribution in [1.29, 1.82) is 0 Å². The Morgan fingerprint density at radius 3 is 2.79 bits per heavy atom. The van der Waals surface area contributed by atoms with E-state index in [0.717, 1.165) is 30.4 Å². The van der Waals surface area contributed by atoms with Crippen molar-refractivity contribution in [2.45, 2.75) is 58.5 Å². The summed E-state index contributed by atoms with van der Waals surface area (Å²) >= 11 is 0. The van der Waals surface area contributed by atoms with Gasteiger partial charge >= 0.3 is 0 Å². The molecule has 19 heavy (non-hydrogen) atoms. The van der Waals surface area contributed by atoms with Gasteiger partial charge in [0, 0.05) is 12.6 Å². The minimum absolute atomic E-state index is 0.158. The number of furan rings is 1. The highest BCUT2D eigenvalue weighted by Crippen LogP contribution is 2.33. The molecule has 1 aliphatic heterocycles. The molecule has 3 heteroatoms.